The van der Waals surface area contributed by atoms with Crippen molar-refractivity contribution in [3.8, 4) is 0 Å². The lowest BCUT2D eigenvalue weighted by molar-refractivity contribution is 0.494. The largest absolute Gasteiger partial charge is 0.466 e. The molecule has 3 N–H and O–H groups in total. The van der Waals surface area contributed by atoms with Gasteiger partial charge in [-0.3, -0.25) is 5.84 Å². The van der Waals surface area contributed by atoms with E-state index in [1.165, 1.54) is 16.7 Å². The van der Waals surface area contributed by atoms with Crippen LogP contribution in [0.25, 0.3) is 0 Å². The highest BCUT2D eigenvalue weighted by molar-refractivity contribution is 5.42. The quantitative estimate of drug-likeness (QED) is 0.655. The minimum Gasteiger partial charge on any atom is -0.466 e. The number of rotatable bonds is 3. The van der Waals surface area contributed by atoms with Crippen molar-refractivity contribution < 1.29 is 4.42 Å². The Labute approximate surface area is 114 Å². The van der Waals surface area contributed by atoms with Gasteiger partial charge in [-0.1, -0.05) is 18.2 Å². The highest BCUT2D eigenvalue weighted by Gasteiger charge is 2.21. The van der Waals surface area contributed by atoms with E-state index in [2.05, 4.69) is 44.4 Å². The molecule has 0 aliphatic rings. The van der Waals surface area contributed by atoms with E-state index in [0.717, 1.165) is 22.6 Å². The molecule has 1 heterocycles. The molecule has 2 aromatic rings. The summed E-state index contributed by atoms with van der Waals surface area (Å²) in [6.45, 7) is 10.3. The van der Waals surface area contributed by atoms with Crippen LogP contribution in [0.3, 0.4) is 0 Å². The summed E-state index contributed by atoms with van der Waals surface area (Å²) in [5.41, 5.74) is 8.95. The molecule has 0 aliphatic heterocycles. The van der Waals surface area contributed by atoms with Crippen molar-refractivity contribution in [2.45, 2.75) is 40.7 Å². The zero-order valence-corrected chi connectivity index (χ0v) is 12.3. The lowest BCUT2D eigenvalue weighted by Gasteiger charge is -2.18. The topological polar surface area (TPSA) is 51.2 Å². The highest BCUT2D eigenvalue weighted by Crippen LogP contribution is 2.31. The second-order valence-electron chi connectivity index (χ2n) is 5.20. The number of hydrazine groups is 1. The van der Waals surface area contributed by atoms with E-state index in [1.54, 1.807) is 0 Å². The summed E-state index contributed by atoms with van der Waals surface area (Å²) in [6.07, 6.45) is 0. The first-order valence-electron chi connectivity index (χ1n) is 6.55. The fraction of sp³-hybridized carbons (Fsp3) is 0.375. The van der Waals surface area contributed by atoms with Crippen molar-refractivity contribution in [1.29, 1.82) is 0 Å². The van der Waals surface area contributed by atoms with Crippen LogP contribution in [0.15, 0.2) is 22.6 Å². The molecule has 102 valence electrons. The van der Waals surface area contributed by atoms with Gasteiger partial charge in [-0.25, -0.2) is 5.43 Å². The van der Waals surface area contributed by atoms with E-state index in [-0.39, 0.29) is 6.04 Å². The van der Waals surface area contributed by atoms with Crippen molar-refractivity contribution in [2.75, 3.05) is 0 Å². The fourth-order valence-corrected chi connectivity index (χ4v) is 2.53. The Morgan fingerprint density at radius 1 is 1.00 bits per heavy atom. The monoisotopic (exact) mass is 258 g/mol. The molecule has 0 radical (unpaired) electrons. The van der Waals surface area contributed by atoms with E-state index < -0.39 is 0 Å². The average molecular weight is 258 g/mol. The third kappa shape index (κ3) is 2.44. The Bertz CT molecular complexity index is 599. The van der Waals surface area contributed by atoms with Gasteiger partial charge in [0, 0.05) is 5.56 Å². The summed E-state index contributed by atoms with van der Waals surface area (Å²) in [7, 11) is 0. The first kappa shape index (κ1) is 13.8. The first-order chi connectivity index (χ1) is 8.95. The van der Waals surface area contributed by atoms with E-state index in [4.69, 9.17) is 10.3 Å². The Kier molecular flexibility index (Phi) is 3.78. The molecule has 3 nitrogen and oxygen atoms in total. The van der Waals surface area contributed by atoms with Gasteiger partial charge in [0.2, 0.25) is 0 Å². The standard InChI is InChI=1S/C16H22N2O/c1-9-6-7-14(8-10(9)2)16(18-17)15-11(3)12(4)19-13(15)5/h6-8,16,18H,17H2,1-5H3. The molecule has 0 saturated carbocycles. The third-order valence-corrected chi connectivity index (χ3v) is 3.94. The minimum absolute atomic E-state index is 0.0308. The normalized spacial score (nSPS) is 12.7. The molecule has 0 saturated heterocycles. The molecular formula is C16H22N2O. The van der Waals surface area contributed by atoms with Gasteiger partial charge in [-0.15, -0.1) is 0 Å². The number of hydrogen-bond donors (Lipinski definition) is 2. The number of hydrogen-bond acceptors (Lipinski definition) is 3. The van der Waals surface area contributed by atoms with E-state index in [9.17, 15) is 0 Å². The number of benzene rings is 1. The van der Waals surface area contributed by atoms with Gasteiger partial charge >= 0.3 is 0 Å². The van der Waals surface area contributed by atoms with Crippen LogP contribution in [0.4, 0.5) is 0 Å². The van der Waals surface area contributed by atoms with Gasteiger partial charge in [-0.05, 0) is 56.9 Å². The van der Waals surface area contributed by atoms with Crippen LogP contribution in [0.1, 0.15) is 45.4 Å². The summed E-state index contributed by atoms with van der Waals surface area (Å²) in [5.74, 6) is 7.66. The number of aryl methyl sites for hydroxylation is 4. The summed E-state index contributed by atoms with van der Waals surface area (Å²) in [4.78, 5) is 0. The zero-order chi connectivity index (χ0) is 14.2. The maximum absolute atomic E-state index is 5.78. The van der Waals surface area contributed by atoms with Crippen LogP contribution in [0.2, 0.25) is 0 Å². The Morgan fingerprint density at radius 3 is 2.16 bits per heavy atom. The molecule has 19 heavy (non-hydrogen) atoms. The molecule has 3 heteroatoms. The van der Waals surface area contributed by atoms with Crippen LogP contribution in [0.5, 0.6) is 0 Å². The molecule has 1 unspecified atom stereocenters. The van der Waals surface area contributed by atoms with Gasteiger partial charge in [0.05, 0.1) is 6.04 Å². The van der Waals surface area contributed by atoms with E-state index in [1.807, 2.05) is 13.8 Å². The molecule has 2 rings (SSSR count). The SMILES string of the molecule is Cc1ccc(C(NN)c2c(C)oc(C)c2C)cc1C. The Balaban J connectivity index is 2.52. The Morgan fingerprint density at radius 2 is 1.68 bits per heavy atom. The van der Waals surface area contributed by atoms with Crippen LogP contribution in [0, 0.1) is 34.6 Å². The van der Waals surface area contributed by atoms with Gasteiger partial charge < -0.3 is 4.42 Å². The average Bonchev–Trinajstić information content (AvgIpc) is 2.61. The molecule has 0 fully saturated rings. The Hall–Kier alpha value is -1.58. The second-order valence-corrected chi connectivity index (χ2v) is 5.20. The smallest absolute Gasteiger partial charge is 0.106 e. The predicted molar refractivity (Wildman–Crippen MR) is 78.0 cm³/mol. The molecule has 1 aromatic heterocycles. The summed E-state index contributed by atoms with van der Waals surface area (Å²) in [5, 5.41) is 0. The van der Waals surface area contributed by atoms with Crippen molar-refractivity contribution in [2.24, 2.45) is 5.84 Å². The first-order valence-corrected chi connectivity index (χ1v) is 6.55. The van der Waals surface area contributed by atoms with Gasteiger partial charge in [0.25, 0.3) is 0 Å². The van der Waals surface area contributed by atoms with Crippen molar-refractivity contribution in [3.63, 3.8) is 0 Å². The summed E-state index contributed by atoms with van der Waals surface area (Å²) < 4.78 is 5.71. The summed E-state index contributed by atoms with van der Waals surface area (Å²) >= 11 is 0. The molecular weight excluding hydrogens is 236 g/mol. The van der Waals surface area contributed by atoms with Crippen LogP contribution in [-0.2, 0) is 0 Å². The van der Waals surface area contributed by atoms with Gasteiger partial charge in [0.1, 0.15) is 11.5 Å². The predicted octanol–water partition coefficient (Wildman–Crippen LogP) is 3.37. The van der Waals surface area contributed by atoms with Crippen molar-refractivity contribution in [1.82, 2.24) is 5.43 Å². The van der Waals surface area contributed by atoms with Crippen LogP contribution in [-0.4, -0.2) is 0 Å². The van der Waals surface area contributed by atoms with Gasteiger partial charge in [-0.2, -0.15) is 0 Å². The molecule has 0 aliphatic carbocycles. The molecule has 1 atom stereocenters. The highest BCUT2D eigenvalue weighted by atomic mass is 16.3. The molecule has 0 amide bonds. The zero-order valence-electron chi connectivity index (χ0n) is 12.3. The minimum atomic E-state index is -0.0308. The van der Waals surface area contributed by atoms with Crippen LogP contribution >= 0.6 is 0 Å². The molecule has 0 bridgehead atoms. The lowest BCUT2D eigenvalue weighted by Crippen LogP contribution is -2.29. The molecule has 0 spiro atoms. The number of furan rings is 1. The molecule has 1 aromatic carbocycles. The summed E-state index contributed by atoms with van der Waals surface area (Å²) in [6, 6.07) is 6.40. The van der Waals surface area contributed by atoms with E-state index in [0.29, 0.717) is 0 Å². The van der Waals surface area contributed by atoms with Gasteiger partial charge in [0.15, 0.2) is 0 Å². The van der Waals surface area contributed by atoms with Crippen LogP contribution < -0.4 is 11.3 Å². The third-order valence-electron chi connectivity index (χ3n) is 3.94. The second kappa shape index (κ2) is 5.19. The number of nitrogens with one attached hydrogen (secondary N) is 1. The van der Waals surface area contributed by atoms with Crippen molar-refractivity contribution >= 4 is 0 Å². The lowest BCUT2D eigenvalue weighted by atomic mass is 9.94. The maximum Gasteiger partial charge on any atom is 0.106 e. The van der Waals surface area contributed by atoms with E-state index >= 15 is 0 Å². The van der Waals surface area contributed by atoms with Crippen molar-refractivity contribution in [3.05, 3.63) is 57.5 Å². The number of nitrogens with two attached hydrogens (primary N) is 1. The fourth-order valence-electron chi connectivity index (χ4n) is 2.53. The maximum atomic E-state index is 5.78.